The van der Waals surface area contributed by atoms with Crippen LogP contribution in [-0.4, -0.2) is 53.4 Å². The van der Waals surface area contributed by atoms with Gasteiger partial charge in [0.1, 0.15) is 0 Å². The van der Waals surface area contributed by atoms with Crippen LogP contribution in [0.15, 0.2) is 243 Å². The van der Waals surface area contributed by atoms with Crippen LogP contribution in [0.5, 0.6) is 0 Å². The summed E-state index contributed by atoms with van der Waals surface area (Å²) in [6.45, 7) is 1.96. The molecular weight excluding hydrogens is 967 g/mol. The van der Waals surface area contributed by atoms with Crippen LogP contribution in [0.1, 0.15) is 70.2 Å². The molecule has 2 fully saturated rings. The second-order valence-corrected chi connectivity index (χ2v) is 19.2. The topological polar surface area (TPSA) is 98.7 Å². The van der Waals surface area contributed by atoms with Gasteiger partial charge in [0.25, 0.3) is 0 Å². The average Bonchev–Trinajstić information content (AvgIpc) is 4.13. The standard InChI is InChI=1S/2C31H29NO2.CH2Cl2.Ti/c2*33-30(25-14-5-1-6-15-25,26-16-7-2-8-17-26)24-32-23-13-22-29(32)31(34,27-18-9-3-10-19-27)28-20-11-4-12-21-28;2-1-3;/h2*1-12,14-21,29H,13,22-24H2;1H2;/q2*-2;;+4/t2*29-;;/m00../s1. The zero-order valence-corrected chi connectivity index (χ0v) is 43.5. The van der Waals surface area contributed by atoms with Gasteiger partial charge in [0.2, 0.25) is 0 Å². The molecule has 8 aromatic rings. The third-order valence-electron chi connectivity index (χ3n) is 14.3. The van der Waals surface area contributed by atoms with E-state index in [1.807, 2.05) is 243 Å². The smallest absolute Gasteiger partial charge is 0.842 e. The Bertz CT molecular complexity index is 2430. The van der Waals surface area contributed by atoms with Crippen molar-refractivity contribution in [3.8, 4) is 0 Å². The van der Waals surface area contributed by atoms with Crippen molar-refractivity contribution in [2.24, 2.45) is 0 Å². The summed E-state index contributed by atoms with van der Waals surface area (Å²) in [6, 6.07) is 76.2. The van der Waals surface area contributed by atoms with Gasteiger partial charge in [0.05, 0.1) is 5.34 Å². The zero-order valence-electron chi connectivity index (χ0n) is 40.4. The van der Waals surface area contributed by atoms with Gasteiger partial charge in [-0.3, -0.25) is 0 Å². The third kappa shape index (κ3) is 11.9. The van der Waals surface area contributed by atoms with Gasteiger partial charge in [0.15, 0.2) is 0 Å². The maximum absolute atomic E-state index is 14.9. The van der Waals surface area contributed by atoms with Gasteiger partial charge in [-0.05, 0) is 74.3 Å². The van der Waals surface area contributed by atoms with Gasteiger partial charge in [-0.15, -0.1) is 23.2 Å². The molecule has 0 aromatic heterocycles. The summed E-state index contributed by atoms with van der Waals surface area (Å²) in [7, 11) is 0. The molecule has 0 aliphatic carbocycles. The normalized spacial score (nSPS) is 16.4. The van der Waals surface area contributed by atoms with Gasteiger partial charge in [0, 0.05) is 12.1 Å². The first-order valence-electron chi connectivity index (χ1n) is 24.5. The number of hydrogen-bond donors (Lipinski definition) is 0. The number of rotatable bonds is 14. The Morgan fingerprint density at radius 1 is 0.333 bits per heavy atom. The Balaban J connectivity index is 0.000000198. The van der Waals surface area contributed by atoms with Crippen molar-refractivity contribution in [3.05, 3.63) is 287 Å². The van der Waals surface area contributed by atoms with Crippen LogP contribution in [0.25, 0.3) is 0 Å². The van der Waals surface area contributed by atoms with E-state index in [0.29, 0.717) is 0 Å². The van der Waals surface area contributed by atoms with E-state index in [0.717, 1.165) is 83.3 Å². The molecule has 2 saturated heterocycles. The minimum atomic E-state index is -1.47. The molecule has 10 rings (SSSR count). The second kappa shape index (κ2) is 25.7. The van der Waals surface area contributed by atoms with Crippen molar-refractivity contribution in [3.63, 3.8) is 0 Å². The van der Waals surface area contributed by atoms with E-state index < -0.39 is 22.4 Å². The predicted molar refractivity (Wildman–Crippen MR) is 280 cm³/mol. The fourth-order valence-corrected chi connectivity index (χ4v) is 10.9. The Labute approximate surface area is 451 Å². The number of benzene rings is 8. The molecule has 2 aliphatic heterocycles. The van der Waals surface area contributed by atoms with Crippen molar-refractivity contribution in [2.75, 3.05) is 31.5 Å². The van der Waals surface area contributed by atoms with Crippen molar-refractivity contribution >= 4 is 23.2 Å². The molecule has 0 radical (unpaired) electrons. The van der Waals surface area contributed by atoms with Crippen LogP contribution in [0, 0.1) is 0 Å². The molecule has 2 atom stereocenters. The van der Waals surface area contributed by atoms with Crippen LogP contribution in [0.3, 0.4) is 0 Å². The van der Waals surface area contributed by atoms with Crippen LogP contribution >= 0.6 is 23.2 Å². The molecular formula is C63H60Cl2N2O4Ti. The summed E-state index contributed by atoms with van der Waals surface area (Å²) in [5.41, 5.74) is 0.00142. The molecule has 2 heterocycles. The molecule has 6 nitrogen and oxygen atoms in total. The molecule has 72 heavy (non-hydrogen) atoms. The van der Waals surface area contributed by atoms with Crippen LogP contribution in [-0.2, 0) is 44.1 Å². The van der Waals surface area contributed by atoms with Crippen LogP contribution in [0.4, 0.5) is 0 Å². The van der Waals surface area contributed by atoms with Crippen molar-refractivity contribution in [1.29, 1.82) is 0 Å². The summed E-state index contributed by atoms with van der Waals surface area (Å²) >= 11 is 9.53. The first-order valence-corrected chi connectivity index (χ1v) is 25.6. The van der Waals surface area contributed by atoms with Crippen molar-refractivity contribution in [1.82, 2.24) is 9.80 Å². The van der Waals surface area contributed by atoms with Crippen LogP contribution < -0.4 is 20.4 Å². The molecule has 0 amide bonds. The number of likely N-dealkylation sites (tertiary alicyclic amines) is 2. The van der Waals surface area contributed by atoms with Gasteiger partial charge in [-0.2, -0.15) is 0 Å². The minimum Gasteiger partial charge on any atom is -0.842 e. The fourth-order valence-electron chi connectivity index (χ4n) is 10.9. The first-order chi connectivity index (χ1) is 34.7. The van der Waals surface area contributed by atoms with E-state index in [9.17, 15) is 20.4 Å². The van der Waals surface area contributed by atoms with E-state index in [2.05, 4.69) is 9.80 Å². The summed E-state index contributed by atoms with van der Waals surface area (Å²) in [5.74, 6) is 0. The minimum absolute atomic E-state index is 0. The molecule has 364 valence electrons. The Morgan fingerprint density at radius 3 is 0.708 bits per heavy atom. The second-order valence-electron chi connectivity index (χ2n) is 18.4. The molecule has 0 saturated carbocycles. The Morgan fingerprint density at radius 2 is 0.514 bits per heavy atom. The first kappa shape index (κ1) is 54.6. The summed E-state index contributed by atoms with van der Waals surface area (Å²) in [5, 5.41) is 59.4. The monoisotopic (exact) mass is 1030 g/mol. The molecule has 0 bridgehead atoms. The van der Waals surface area contributed by atoms with Crippen molar-refractivity contribution < 1.29 is 42.1 Å². The number of halogens is 2. The fraction of sp³-hybridized carbons (Fsp3) is 0.238. The molecule has 9 heteroatoms. The maximum Gasteiger partial charge on any atom is 4.00 e. The van der Waals surface area contributed by atoms with Gasteiger partial charge < -0.3 is 30.2 Å². The van der Waals surface area contributed by atoms with Crippen molar-refractivity contribution in [2.45, 2.75) is 60.2 Å². The molecule has 0 unspecified atom stereocenters. The Kier molecular flexibility index (Phi) is 19.4. The quantitative estimate of drug-likeness (QED) is 0.0796. The van der Waals surface area contributed by atoms with Gasteiger partial charge in [-0.1, -0.05) is 287 Å². The van der Waals surface area contributed by atoms with Gasteiger partial charge >= 0.3 is 21.7 Å². The number of hydrogen-bond acceptors (Lipinski definition) is 6. The SMILES string of the molecule is ClCCl.[O-]C(CN1CCC[C@H]1C([O-])(c1ccccc1)c1ccccc1)(c1ccccc1)c1ccccc1.[O-]C(CN1CCC[C@H]1C([O-])(c1ccccc1)c1ccccc1)(c1ccccc1)c1ccccc1.[Ti+4]. The summed E-state index contributed by atoms with van der Waals surface area (Å²) < 4.78 is 0. The molecule has 0 spiro atoms. The maximum atomic E-state index is 14.9. The summed E-state index contributed by atoms with van der Waals surface area (Å²) in [6.07, 6.45) is 3.31. The average molecular weight is 1030 g/mol. The van der Waals surface area contributed by atoms with E-state index in [1.54, 1.807) is 0 Å². The van der Waals surface area contributed by atoms with Crippen LogP contribution in [0.2, 0.25) is 0 Å². The van der Waals surface area contributed by atoms with Gasteiger partial charge in [-0.25, -0.2) is 0 Å². The molecule has 0 N–H and O–H groups in total. The largest absolute Gasteiger partial charge is 4.00 e. The van der Waals surface area contributed by atoms with E-state index in [1.165, 1.54) is 0 Å². The summed E-state index contributed by atoms with van der Waals surface area (Å²) in [4.78, 5) is 4.31. The predicted octanol–water partition coefficient (Wildman–Crippen LogP) is 9.54. The third-order valence-corrected chi connectivity index (χ3v) is 14.3. The molecule has 8 aromatic carbocycles. The van der Waals surface area contributed by atoms with E-state index in [-0.39, 0.29) is 52.2 Å². The van der Waals surface area contributed by atoms with E-state index in [4.69, 9.17) is 23.2 Å². The number of alkyl halides is 2. The van der Waals surface area contributed by atoms with E-state index >= 15 is 0 Å². The zero-order chi connectivity index (χ0) is 49.6. The Hall–Kier alpha value is -5.19. The number of nitrogens with zero attached hydrogens (tertiary/aromatic N) is 2. The molecule has 2 aliphatic rings.